The van der Waals surface area contributed by atoms with Crippen LogP contribution >= 0.6 is 0 Å². The van der Waals surface area contributed by atoms with Gasteiger partial charge in [0.25, 0.3) is 5.91 Å². The zero-order valence-electron chi connectivity index (χ0n) is 22.1. The van der Waals surface area contributed by atoms with Crippen LogP contribution in [-0.2, 0) is 11.0 Å². The lowest BCUT2D eigenvalue weighted by Crippen LogP contribution is -2.47. The van der Waals surface area contributed by atoms with Crippen molar-refractivity contribution in [3.63, 3.8) is 0 Å². The Hall–Kier alpha value is -3.63. The number of carbonyl (C=O) groups excluding carboxylic acids is 2. The van der Waals surface area contributed by atoms with Crippen molar-refractivity contribution in [2.24, 2.45) is 11.8 Å². The quantitative estimate of drug-likeness (QED) is 0.381. The summed E-state index contributed by atoms with van der Waals surface area (Å²) < 4.78 is 46.7. The molecule has 2 aliphatic rings. The van der Waals surface area contributed by atoms with E-state index in [9.17, 15) is 22.8 Å². The largest absolute Gasteiger partial charge is 0.493 e. The number of aromatic nitrogens is 3. The van der Waals surface area contributed by atoms with E-state index in [4.69, 9.17) is 4.74 Å². The highest BCUT2D eigenvalue weighted by Crippen LogP contribution is 2.40. The summed E-state index contributed by atoms with van der Waals surface area (Å²) in [6.07, 6.45) is 0.977. The lowest BCUT2D eigenvalue weighted by Gasteiger charge is -2.34. The molecular formula is C28H32F3N5O3. The molecule has 0 saturated heterocycles. The number of aryl methyl sites for hydroxylation is 1. The van der Waals surface area contributed by atoms with E-state index < -0.39 is 11.7 Å². The predicted octanol–water partition coefficient (Wildman–Crippen LogP) is 5.16. The molecule has 3 aromatic rings. The molecule has 8 nitrogen and oxygen atoms in total. The molecular weight excluding hydrogens is 511 g/mol. The Labute approximate surface area is 224 Å². The van der Waals surface area contributed by atoms with E-state index in [0.29, 0.717) is 53.4 Å². The van der Waals surface area contributed by atoms with Gasteiger partial charge in [-0.2, -0.15) is 13.2 Å². The molecule has 0 unspecified atom stereocenters. The number of nitrogens with one attached hydrogen (secondary N) is 3. The third kappa shape index (κ3) is 5.86. The number of ether oxygens (including phenoxy) is 1. The van der Waals surface area contributed by atoms with E-state index in [-0.39, 0.29) is 41.1 Å². The van der Waals surface area contributed by atoms with Gasteiger partial charge in [-0.3, -0.25) is 9.59 Å². The van der Waals surface area contributed by atoms with Gasteiger partial charge in [0.05, 0.1) is 23.3 Å². The minimum atomic E-state index is -4.54. The molecule has 0 bridgehead atoms. The Morgan fingerprint density at radius 1 is 1.13 bits per heavy atom. The Bertz CT molecular complexity index is 1400. The second-order valence-electron chi connectivity index (χ2n) is 10.8. The molecule has 3 N–H and O–H groups in total. The molecule has 0 radical (unpaired) electrons. The Balaban J connectivity index is 1.45. The first kappa shape index (κ1) is 27.0. The maximum atomic E-state index is 13.6. The topological polar surface area (TPSA) is 109 Å². The van der Waals surface area contributed by atoms with Gasteiger partial charge in [-0.25, -0.2) is 9.97 Å². The highest BCUT2D eigenvalue weighted by molar-refractivity contribution is 6.09. The van der Waals surface area contributed by atoms with Gasteiger partial charge in [0, 0.05) is 30.3 Å². The van der Waals surface area contributed by atoms with Crippen LogP contribution in [0.4, 0.5) is 13.2 Å². The van der Waals surface area contributed by atoms with E-state index in [1.165, 1.54) is 19.3 Å². The van der Waals surface area contributed by atoms with Crippen molar-refractivity contribution in [3.05, 3.63) is 41.3 Å². The average Bonchev–Trinajstić information content (AvgIpc) is 3.63. The highest BCUT2D eigenvalue weighted by atomic mass is 19.4. The van der Waals surface area contributed by atoms with Gasteiger partial charge in [-0.15, -0.1) is 0 Å². The number of nitrogens with zero attached hydrogens (tertiary/aromatic N) is 2. The number of aromatic amines is 1. The summed E-state index contributed by atoms with van der Waals surface area (Å²) in [5.41, 5.74) is 1.20. The zero-order valence-corrected chi connectivity index (χ0v) is 22.1. The van der Waals surface area contributed by atoms with Crippen LogP contribution in [0.25, 0.3) is 22.3 Å². The van der Waals surface area contributed by atoms with Crippen molar-refractivity contribution in [1.82, 2.24) is 25.6 Å². The normalized spacial score (nSPS) is 21.5. The van der Waals surface area contributed by atoms with E-state index in [0.717, 1.165) is 31.4 Å². The summed E-state index contributed by atoms with van der Waals surface area (Å²) in [4.78, 5) is 36.7. The molecule has 2 amide bonds. The van der Waals surface area contributed by atoms with Crippen LogP contribution in [0.3, 0.4) is 0 Å². The van der Waals surface area contributed by atoms with Gasteiger partial charge in [-0.05, 0) is 69.1 Å². The SMILES string of the molecule is CC(=O)N[C@H]1CC[C@@H](NC(=O)c2c(C)[nH]c3c(-c4cc(C(F)(F)F)ccc4OCC4CC4)ncnc23)C[C@H]1C. The van der Waals surface area contributed by atoms with Crippen molar-refractivity contribution >= 4 is 22.8 Å². The number of amides is 2. The summed E-state index contributed by atoms with van der Waals surface area (Å²) in [6, 6.07) is 3.37. The maximum Gasteiger partial charge on any atom is 0.416 e. The number of H-pyrrole nitrogens is 1. The Kier molecular flexibility index (Phi) is 7.26. The lowest BCUT2D eigenvalue weighted by atomic mass is 9.82. The summed E-state index contributed by atoms with van der Waals surface area (Å²) in [6.45, 7) is 5.70. The number of hydrogen-bond acceptors (Lipinski definition) is 5. The molecule has 1 aromatic carbocycles. The molecule has 5 rings (SSSR count). The molecule has 2 heterocycles. The van der Waals surface area contributed by atoms with Gasteiger partial charge in [0.15, 0.2) is 0 Å². The van der Waals surface area contributed by atoms with Crippen LogP contribution in [0.2, 0.25) is 0 Å². The number of carbonyl (C=O) groups is 2. The van der Waals surface area contributed by atoms with Crippen LogP contribution in [0.1, 0.15) is 67.6 Å². The van der Waals surface area contributed by atoms with E-state index >= 15 is 0 Å². The van der Waals surface area contributed by atoms with Crippen LogP contribution in [0.15, 0.2) is 24.5 Å². The molecule has 0 spiro atoms. The molecule has 208 valence electrons. The molecule has 2 saturated carbocycles. The first-order chi connectivity index (χ1) is 18.5. The number of alkyl halides is 3. The van der Waals surface area contributed by atoms with E-state index in [1.54, 1.807) is 6.92 Å². The molecule has 11 heteroatoms. The van der Waals surface area contributed by atoms with Crippen molar-refractivity contribution in [3.8, 4) is 17.0 Å². The fraction of sp³-hybridized carbons (Fsp3) is 0.500. The molecule has 2 aliphatic carbocycles. The first-order valence-corrected chi connectivity index (χ1v) is 13.3. The van der Waals surface area contributed by atoms with Crippen LogP contribution in [0.5, 0.6) is 5.75 Å². The summed E-state index contributed by atoms with van der Waals surface area (Å²) in [7, 11) is 0. The van der Waals surface area contributed by atoms with Crippen molar-refractivity contribution in [2.75, 3.05) is 6.61 Å². The van der Waals surface area contributed by atoms with Crippen LogP contribution in [-0.4, -0.2) is 45.5 Å². The lowest BCUT2D eigenvalue weighted by molar-refractivity contribution is -0.137. The van der Waals surface area contributed by atoms with Gasteiger partial charge in [0.1, 0.15) is 23.3 Å². The number of fused-ring (bicyclic) bond motifs is 1. The molecule has 0 aliphatic heterocycles. The third-order valence-corrected chi connectivity index (χ3v) is 7.63. The van der Waals surface area contributed by atoms with Gasteiger partial charge >= 0.3 is 6.18 Å². The average molecular weight is 544 g/mol. The number of hydrogen-bond donors (Lipinski definition) is 3. The highest BCUT2D eigenvalue weighted by Gasteiger charge is 2.33. The first-order valence-electron chi connectivity index (χ1n) is 13.3. The monoisotopic (exact) mass is 543 g/mol. The number of benzene rings is 1. The summed E-state index contributed by atoms with van der Waals surface area (Å²) in [5, 5.41) is 6.06. The van der Waals surface area contributed by atoms with Crippen LogP contribution in [0, 0.1) is 18.8 Å². The van der Waals surface area contributed by atoms with Crippen molar-refractivity contribution in [1.29, 1.82) is 0 Å². The number of halogens is 3. The van der Waals surface area contributed by atoms with Gasteiger partial charge in [0.2, 0.25) is 5.91 Å². The smallest absolute Gasteiger partial charge is 0.416 e. The van der Waals surface area contributed by atoms with Crippen molar-refractivity contribution < 1.29 is 27.5 Å². The Morgan fingerprint density at radius 3 is 2.56 bits per heavy atom. The fourth-order valence-corrected chi connectivity index (χ4v) is 5.37. The van der Waals surface area contributed by atoms with Gasteiger partial charge < -0.3 is 20.4 Å². The fourth-order valence-electron chi connectivity index (χ4n) is 5.37. The maximum absolute atomic E-state index is 13.6. The summed E-state index contributed by atoms with van der Waals surface area (Å²) in [5.74, 6) is 0.525. The zero-order chi connectivity index (χ0) is 27.9. The third-order valence-electron chi connectivity index (χ3n) is 7.63. The predicted molar refractivity (Wildman–Crippen MR) is 139 cm³/mol. The Morgan fingerprint density at radius 2 is 1.90 bits per heavy atom. The molecule has 2 aromatic heterocycles. The minimum absolute atomic E-state index is 0.0684. The molecule has 3 atom stereocenters. The number of rotatable bonds is 7. The molecule has 2 fully saturated rings. The van der Waals surface area contributed by atoms with E-state index in [1.807, 2.05) is 6.92 Å². The molecule has 39 heavy (non-hydrogen) atoms. The second kappa shape index (κ2) is 10.5. The minimum Gasteiger partial charge on any atom is -0.493 e. The van der Waals surface area contributed by atoms with Gasteiger partial charge in [-0.1, -0.05) is 6.92 Å². The van der Waals surface area contributed by atoms with Crippen LogP contribution < -0.4 is 15.4 Å². The van der Waals surface area contributed by atoms with E-state index in [2.05, 4.69) is 25.6 Å². The standard InChI is InChI=1S/C28H32F3N5O3/c1-14-10-19(7-8-21(14)35-16(3)37)36-27(38)23-15(2)34-26-24(32-13-33-25(23)26)20-11-18(28(29,30)31)6-9-22(20)39-12-17-4-5-17/h6,9,11,13-14,17,19,21,34H,4-5,7-8,10,12H2,1-3H3,(H,35,37)(H,36,38)/t14-,19-,21+/m1/s1. The summed E-state index contributed by atoms with van der Waals surface area (Å²) >= 11 is 0. The second-order valence-corrected chi connectivity index (χ2v) is 10.8. The van der Waals surface area contributed by atoms with Crippen molar-refractivity contribution in [2.45, 2.75) is 71.1 Å².